The summed E-state index contributed by atoms with van der Waals surface area (Å²) in [5, 5.41) is 5.63. The number of amides is 2. The Balaban J connectivity index is 2.02. The van der Waals surface area contributed by atoms with E-state index in [1.165, 1.54) is 0 Å². The zero-order valence-electron chi connectivity index (χ0n) is 9.37. The fourth-order valence-electron chi connectivity index (χ4n) is 1.70. The van der Waals surface area contributed by atoms with Gasteiger partial charge in [-0.15, -0.1) is 0 Å². The lowest BCUT2D eigenvalue weighted by atomic mass is 9.98. The van der Waals surface area contributed by atoms with Gasteiger partial charge in [0, 0.05) is 23.6 Å². The number of hydrogen-bond donors (Lipinski definition) is 2. The van der Waals surface area contributed by atoms with Crippen LogP contribution in [-0.2, 0) is 9.59 Å². The summed E-state index contributed by atoms with van der Waals surface area (Å²) < 4.78 is 0.735. The number of aromatic nitrogens is 1. The van der Waals surface area contributed by atoms with E-state index in [2.05, 4.69) is 31.5 Å². The molecule has 0 spiro atoms. The summed E-state index contributed by atoms with van der Waals surface area (Å²) in [6.45, 7) is 0.365. The van der Waals surface area contributed by atoms with Gasteiger partial charge in [0.1, 0.15) is 0 Å². The minimum Gasteiger partial charge on any atom is -0.355 e. The molecule has 7 heteroatoms. The van der Waals surface area contributed by atoms with E-state index in [0.717, 1.165) is 4.47 Å². The highest BCUT2D eigenvalue weighted by atomic mass is 79.9. The van der Waals surface area contributed by atoms with Gasteiger partial charge in [-0.25, -0.2) is 4.98 Å². The van der Waals surface area contributed by atoms with Crippen LogP contribution in [0.25, 0.3) is 0 Å². The molecule has 0 aliphatic carbocycles. The molecule has 96 valence electrons. The number of carbonyl (C=O) groups excluding carboxylic acids is 2. The predicted octanol–water partition coefficient (Wildman–Crippen LogP) is 1.96. The molecule has 1 fully saturated rings. The number of nitrogens with zero attached hydrogens (tertiary/aromatic N) is 1. The molecule has 1 aromatic rings. The Morgan fingerprint density at radius 3 is 3.06 bits per heavy atom. The molecule has 5 nitrogen and oxygen atoms in total. The first-order chi connectivity index (χ1) is 8.56. The summed E-state index contributed by atoms with van der Waals surface area (Å²) in [6, 6.07) is 1.69. The standard InChI is InChI=1S/C11H11BrClN3O2/c12-7-3-8(10(13)15-5-7)16-11(18)6-1-2-9(17)14-4-6/h3,5-6H,1-2,4H2,(H,14,17)(H,16,18). The molecule has 0 bridgehead atoms. The molecule has 1 aliphatic rings. The highest BCUT2D eigenvalue weighted by Crippen LogP contribution is 2.24. The molecule has 0 aromatic carbocycles. The Hall–Kier alpha value is -1.14. The molecular weight excluding hydrogens is 321 g/mol. The van der Waals surface area contributed by atoms with Gasteiger partial charge in [0.15, 0.2) is 5.15 Å². The molecule has 1 unspecified atom stereocenters. The maximum absolute atomic E-state index is 12.0. The zero-order valence-corrected chi connectivity index (χ0v) is 11.7. The summed E-state index contributed by atoms with van der Waals surface area (Å²) in [5.41, 5.74) is 0.466. The third-order valence-electron chi connectivity index (χ3n) is 2.70. The minimum atomic E-state index is -0.224. The number of halogens is 2. The maximum atomic E-state index is 12.0. The monoisotopic (exact) mass is 331 g/mol. The smallest absolute Gasteiger partial charge is 0.229 e. The van der Waals surface area contributed by atoms with Crippen molar-refractivity contribution in [1.82, 2.24) is 10.3 Å². The van der Waals surface area contributed by atoms with Crippen molar-refractivity contribution in [2.75, 3.05) is 11.9 Å². The van der Waals surface area contributed by atoms with E-state index in [1.54, 1.807) is 12.3 Å². The van der Waals surface area contributed by atoms with E-state index in [1.807, 2.05) is 0 Å². The van der Waals surface area contributed by atoms with Crippen molar-refractivity contribution in [2.24, 2.45) is 5.92 Å². The van der Waals surface area contributed by atoms with Crippen LogP contribution in [0.1, 0.15) is 12.8 Å². The van der Waals surface area contributed by atoms with Gasteiger partial charge in [-0.05, 0) is 28.4 Å². The molecule has 1 saturated heterocycles. The average molecular weight is 333 g/mol. The summed E-state index contributed by atoms with van der Waals surface area (Å²) in [5.74, 6) is -0.393. The largest absolute Gasteiger partial charge is 0.355 e. The van der Waals surface area contributed by atoms with Crippen LogP contribution in [-0.4, -0.2) is 23.3 Å². The Morgan fingerprint density at radius 1 is 1.61 bits per heavy atom. The lowest BCUT2D eigenvalue weighted by Gasteiger charge is -2.21. The minimum absolute atomic E-state index is 0.0128. The molecule has 18 heavy (non-hydrogen) atoms. The van der Waals surface area contributed by atoms with E-state index in [9.17, 15) is 9.59 Å². The number of pyridine rings is 1. The third-order valence-corrected chi connectivity index (χ3v) is 3.43. The highest BCUT2D eigenvalue weighted by molar-refractivity contribution is 9.10. The fraction of sp³-hybridized carbons (Fsp3) is 0.364. The van der Waals surface area contributed by atoms with Crippen LogP contribution in [0.4, 0.5) is 5.69 Å². The van der Waals surface area contributed by atoms with Crippen LogP contribution >= 0.6 is 27.5 Å². The first kappa shape index (κ1) is 13.3. The summed E-state index contributed by atoms with van der Waals surface area (Å²) in [6.07, 6.45) is 2.48. The number of anilines is 1. The number of carbonyl (C=O) groups is 2. The number of nitrogens with one attached hydrogen (secondary N) is 2. The topological polar surface area (TPSA) is 71.1 Å². The summed E-state index contributed by atoms with van der Waals surface area (Å²) in [7, 11) is 0. The Labute approximate surface area is 117 Å². The second-order valence-electron chi connectivity index (χ2n) is 4.02. The molecule has 2 N–H and O–H groups in total. The van der Waals surface area contributed by atoms with Gasteiger partial charge in [0.2, 0.25) is 11.8 Å². The van der Waals surface area contributed by atoms with Crippen LogP contribution in [0.15, 0.2) is 16.7 Å². The van der Waals surface area contributed by atoms with Gasteiger partial charge in [-0.3, -0.25) is 9.59 Å². The van der Waals surface area contributed by atoms with Crippen molar-refractivity contribution in [3.63, 3.8) is 0 Å². The Morgan fingerprint density at radius 2 is 2.39 bits per heavy atom. The van der Waals surface area contributed by atoms with Crippen molar-refractivity contribution in [3.8, 4) is 0 Å². The molecule has 1 aliphatic heterocycles. The lowest BCUT2D eigenvalue weighted by Crippen LogP contribution is -2.40. The first-order valence-corrected chi connectivity index (χ1v) is 6.62. The van der Waals surface area contributed by atoms with E-state index in [-0.39, 0.29) is 22.9 Å². The van der Waals surface area contributed by atoms with Gasteiger partial charge in [0.25, 0.3) is 0 Å². The molecule has 2 rings (SSSR count). The first-order valence-electron chi connectivity index (χ1n) is 5.45. The molecule has 2 amide bonds. The SMILES string of the molecule is O=C1CCC(C(=O)Nc2cc(Br)cnc2Cl)CN1. The van der Waals surface area contributed by atoms with E-state index in [4.69, 9.17) is 11.6 Å². The van der Waals surface area contributed by atoms with Gasteiger partial charge in [-0.2, -0.15) is 0 Å². The molecule has 0 radical (unpaired) electrons. The highest BCUT2D eigenvalue weighted by Gasteiger charge is 2.24. The van der Waals surface area contributed by atoms with Crippen molar-refractivity contribution in [1.29, 1.82) is 0 Å². The molecule has 0 saturated carbocycles. The lowest BCUT2D eigenvalue weighted by molar-refractivity contribution is -0.126. The maximum Gasteiger partial charge on any atom is 0.229 e. The zero-order chi connectivity index (χ0) is 13.1. The van der Waals surface area contributed by atoms with E-state index < -0.39 is 0 Å². The normalized spacial score (nSPS) is 19.2. The number of piperidine rings is 1. The second kappa shape index (κ2) is 5.67. The Bertz CT molecular complexity index is 485. The summed E-state index contributed by atoms with van der Waals surface area (Å²) in [4.78, 5) is 26.9. The molecule has 2 heterocycles. The van der Waals surface area contributed by atoms with Gasteiger partial charge >= 0.3 is 0 Å². The third kappa shape index (κ3) is 3.20. The average Bonchev–Trinajstić information content (AvgIpc) is 2.34. The van der Waals surface area contributed by atoms with Crippen LogP contribution in [0.3, 0.4) is 0 Å². The number of hydrogen-bond acceptors (Lipinski definition) is 3. The van der Waals surface area contributed by atoms with Gasteiger partial charge < -0.3 is 10.6 Å². The number of rotatable bonds is 2. The second-order valence-corrected chi connectivity index (χ2v) is 5.29. The van der Waals surface area contributed by atoms with E-state index in [0.29, 0.717) is 25.1 Å². The van der Waals surface area contributed by atoms with E-state index >= 15 is 0 Å². The van der Waals surface area contributed by atoms with Crippen molar-refractivity contribution in [3.05, 3.63) is 21.9 Å². The Kier molecular flexibility index (Phi) is 4.19. The quantitative estimate of drug-likeness (QED) is 0.813. The van der Waals surface area contributed by atoms with Gasteiger partial charge in [0.05, 0.1) is 11.6 Å². The van der Waals surface area contributed by atoms with Crippen molar-refractivity contribution < 1.29 is 9.59 Å². The fourth-order valence-corrected chi connectivity index (χ4v) is 2.18. The molecular formula is C11H11BrClN3O2. The van der Waals surface area contributed by atoms with Crippen LogP contribution in [0.2, 0.25) is 5.15 Å². The van der Waals surface area contributed by atoms with Crippen LogP contribution < -0.4 is 10.6 Å². The summed E-state index contributed by atoms with van der Waals surface area (Å²) >= 11 is 9.15. The van der Waals surface area contributed by atoms with Crippen LogP contribution in [0, 0.1) is 5.92 Å². The predicted molar refractivity (Wildman–Crippen MR) is 71.3 cm³/mol. The van der Waals surface area contributed by atoms with Crippen molar-refractivity contribution >= 4 is 45.0 Å². The van der Waals surface area contributed by atoms with Crippen LogP contribution in [0.5, 0.6) is 0 Å². The molecule has 1 aromatic heterocycles. The van der Waals surface area contributed by atoms with Gasteiger partial charge in [-0.1, -0.05) is 11.6 Å². The van der Waals surface area contributed by atoms with Crippen molar-refractivity contribution in [2.45, 2.75) is 12.8 Å². The molecule has 1 atom stereocenters.